The molecule has 2 heterocycles. The first-order valence-corrected chi connectivity index (χ1v) is 7.23. The van der Waals surface area contributed by atoms with Crippen molar-refractivity contribution in [1.82, 2.24) is 20.5 Å². The molecule has 22 heavy (non-hydrogen) atoms. The van der Waals surface area contributed by atoms with Crippen LogP contribution in [0, 0.1) is 0 Å². The van der Waals surface area contributed by atoms with Crippen LogP contribution in [0.5, 0.6) is 0 Å². The number of nitrogens with zero attached hydrogens (tertiary/aromatic N) is 2. The molecule has 2 N–H and O–H groups in total. The molecule has 0 aliphatic heterocycles. The number of nitrogens with one attached hydrogen (secondary N) is 2. The minimum absolute atomic E-state index is 0.00842. The second kappa shape index (κ2) is 7.61. The van der Waals surface area contributed by atoms with E-state index in [9.17, 15) is 4.79 Å². The number of hydrogen-bond donors (Lipinski definition) is 2. The lowest BCUT2D eigenvalue weighted by atomic mass is 10.2. The number of carbonyl (C=O) groups excluding carboxylic acids is 1. The van der Waals surface area contributed by atoms with Crippen LogP contribution in [-0.4, -0.2) is 36.6 Å². The van der Waals surface area contributed by atoms with E-state index in [1.165, 1.54) is 0 Å². The van der Waals surface area contributed by atoms with Crippen LogP contribution < -0.4 is 10.6 Å². The summed E-state index contributed by atoms with van der Waals surface area (Å²) in [5.74, 6) is 0.822. The molecule has 0 aliphatic carbocycles. The van der Waals surface area contributed by atoms with Crippen LogP contribution in [0.2, 0.25) is 0 Å². The van der Waals surface area contributed by atoms with Gasteiger partial charge in [0.2, 0.25) is 0 Å². The van der Waals surface area contributed by atoms with Crippen molar-refractivity contribution < 1.29 is 9.21 Å². The summed E-state index contributed by atoms with van der Waals surface area (Å²) in [5, 5.41) is 5.75. The highest BCUT2D eigenvalue weighted by molar-refractivity contribution is 5.74. The van der Waals surface area contributed by atoms with Gasteiger partial charge in [0, 0.05) is 12.7 Å². The minimum atomic E-state index is -0.225. The van der Waals surface area contributed by atoms with E-state index in [4.69, 9.17) is 4.42 Å². The summed E-state index contributed by atoms with van der Waals surface area (Å²) in [6, 6.07) is 9.00. The summed E-state index contributed by atoms with van der Waals surface area (Å²) >= 11 is 0. The first kappa shape index (κ1) is 16.0. The van der Waals surface area contributed by atoms with Gasteiger partial charge in [-0.25, -0.2) is 4.79 Å². The molecular formula is C16H22N4O2. The number of amides is 2. The number of pyridine rings is 1. The standard InChI is InChI=1S/C16H22N4O2/c1-12(13-7-4-5-9-17-13)19-16(21)18-11-14(20(2)3)15-8-6-10-22-15/h4-10,12,14H,11H2,1-3H3,(H2,18,19,21). The zero-order valence-electron chi connectivity index (χ0n) is 13.1. The van der Waals surface area contributed by atoms with Gasteiger partial charge in [-0.15, -0.1) is 0 Å². The fourth-order valence-corrected chi connectivity index (χ4v) is 2.16. The van der Waals surface area contributed by atoms with Gasteiger partial charge >= 0.3 is 6.03 Å². The highest BCUT2D eigenvalue weighted by Crippen LogP contribution is 2.17. The topological polar surface area (TPSA) is 70.4 Å². The van der Waals surface area contributed by atoms with E-state index in [1.807, 2.05) is 56.3 Å². The lowest BCUT2D eigenvalue weighted by molar-refractivity contribution is 0.223. The van der Waals surface area contributed by atoms with Crippen molar-refractivity contribution in [2.45, 2.75) is 19.0 Å². The van der Waals surface area contributed by atoms with Gasteiger partial charge in [0.25, 0.3) is 0 Å². The Morgan fingerprint density at radius 3 is 2.73 bits per heavy atom. The molecule has 0 radical (unpaired) electrons. The van der Waals surface area contributed by atoms with E-state index in [2.05, 4.69) is 15.6 Å². The number of rotatable bonds is 6. The molecule has 2 atom stereocenters. The van der Waals surface area contributed by atoms with Crippen molar-refractivity contribution in [3.05, 3.63) is 54.2 Å². The van der Waals surface area contributed by atoms with Crippen molar-refractivity contribution in [1.29, 1.82) is 0 Å². The number of aromatic nitrogens is 1. The summed E-state index contributed by atoms with van der Waals surface area (Å²) < 4.78 is 5.42. The Kier molecular flexibility index (Phi) is 5.55. The van der Waals surface area contributed by atoms with Crippen molar-refractivity contribution in [3.63, 3.8) is 0 Å². The Bertz CT molecular complexity index is 569. The molecule has 2 aromatic heterocycles. The van der Waals surface area contributed by atoms with Crippen LogP contribution in [0.3, 0.4) is 0 Å². The molecule has 0 aromatic carbocycles. The van der Waals surface area contributed by atoms with E-state index < -0.39 is 0 Å². The average molecular weight is 302 g/mol. The van der Waals surface area contributed by atoms with Crippen LogP contribution in [0.15, 0.2) is 47.2 Å². The maximum atomic E-state index is 12.0. The molecule has 0 saturated carbocycles. The maximum Gasteiger partial charge on any atom is 0.315 e. The minimum Gasteiger partial charge on any atom is -0.468 e. The highest BCUT2D eigenvalue weighted by atomic mass is 16.3. The van der Waals surface area contributed by atoms with Crippen molar-refractivity contribution in [2.24, 2.45) is 0 Å². The SMILES string of the molecule is CC(NC(=O)NCC(c1ccco1)N(C)C)c1ccccn1. The van der Waals surface area contributed by atoms with E-state index in [0.717, 1.165) is 11.5 Å². The van der Waals surface area contributed by atoms with Gasteiger partial charge in [-0.3, -0.25) is 9.88 Å². The first-order chi connectivity index (χ1) is 10.6. The molecule has 0 fully saturated rings. The Morgan fingerprint density at radius 1 is 1.32 bits per heavy atom. The molecule has 118 valence electrons. The third kappa shape index (κ3) is 4.33. The van der Waals surface area contributed by atoms with E-state index >= 15 is 0 Å². The zero-order chi connectivity index (χ0) is 15.9. The van der Waals surface area contributed by atoms with Crippen molar-refractivity contribution in [2.75, 3.05) is 20.6 Å². The monoisotopic (exact) mass is 302 g/mol. The molecule has 2 aromatic rings. The molecule has 2 rings (SSSR count). The van der Waals surface area contributed by atoms with Crippen LogP contribution >= 0.6 is 0 Å². The number of furan rings is 1. The van der Waals surface area contributed by atoms with Crippen molar-refractivity contribution in [3.8, 4) is 0 Å². The lowest BCUT2D eigenvalue weighted by Gasteiger charge is -2.23. The van der Waals surface area contributed by atoms with Gasteiger partial charge in [-0.1, -0.05) is 6.07 Å². The number of urea groups is 1. The average Bonchev–Trinajstić information content (AvgIpc) is 3.02. The molecule has 0 spiro atoms. The molecule has 0 aliphatic rings. The number of carbonyl (C=O) groups is 1. The first-order valence-electron chi connectivity index (χ1n) is 7.23. The summed E-state index contributed by atoms with van der Waals surface area (Å²) in [4.78, 5) is 18.3. The Morgan fingerprint density at radius 2 is 2.14 bits per heavy atom. The summed E-state index contributed by atoms with van der Waals surface area (Å²) in [6.45, 7) is 2.36. The molecule has 0 saturated heterocycles. The van der Waals surface area contributed by atoms with Gasteiger partial charge in [0.05, 0.1) is 24.0 Å². The van der Waals surface area contributed by atoms with E-state index in [0.29, 0.717) is 6.54 Å². The van der Waals surface area contributed by atoms with Crippen LogP contribution in [-0.2, 0) is 0 Å². The second-order valence-corrected chi connectivity index (χ2v) is 5.33. The van der Waals surface area contributed by atoms with E-state index in [-0.39, 0.29) is 18.1 Å². The van der Waals surface area contributed by atoms with Gasteiger partial charge in [-0.05, 0) is 45.3 Å². The van der Waals surface area contributed by atoms with Gasteiger partial charge in [0.15, 0.2) is 0 Å². The molecule has 6 heteroatoms. The molecule has 6 nitrogen and oxygen atoms in total. The number of likely N-dealkylation sites (N-methyl/N-ethyl adjacent to an activating group) is 1. The normalized spacial score (nSPS) is 13.6. The quantitative estimate of drug-likeness (QED) is 0.859. The Labute approximate surface area is 130 Å². The summed E-state index contributed by atoms with van der Waals surface area (Å²) in [7, 11) is 3.90. The third-order valence-corrected chi connectivity index (χ3v) is 3.43. The maximum absolute atomic E-state index is 12.0. The third-order valence-electron chi connectivity index (χ3n) is 3.43. The van der Waals surface area contributed by atoms with Crippen molar-refractivity contribution >= 4 is 6.03 Å². The second-order valence-electron chi connectivity index (χ2n) is 5.33. The lowest BCUT2D eigenvalue weighted by Crippen LogP contribution is -2.41. The Hall–Kier alpha value is -2.34. The van der Waals surface area contributed by atoms with Crippen LogP contribution in [0.4, 0.5) is 4.79 Å². The molecule has 2 unspecified atom stereocenters. The van der Waals surface area contributed by atoms with Gasteiger partial charge < -0.3 is 15.1 Å². The molecule has 0 bridgehead atoms. The van der Waals surface area contributed by atoms with Crippen LogP contribution in [0.1, 0.15) is 30.5 Å². The summed E-state index contributed by atoms with van der Waals surface area (Å²) in [5.41, 5.74) is 0.827. The highest BCUT2D eigenvalue weighted by Gasteiger charge is 2.18. The summed E-state index contributed by atoms with van der Waals surface area (Å²) in [6.07, 6.45) is 3.35. The van der Waals surface area contributed by atoms with E-state index in [1.54, 1.807) is 12.5 Å². The van der Waals surface area contributed by atoms with Gasteiger partial charge in [0.1, 0.15) is 5.76 Å². The van der Waals surface area contributed by atoms with Crippen LogP contribution in [0.25, 0.3) is 0 Å². The zero-order valence-corrected chi connectivity index (χ0v) is 13.1. The predicted octanol–water partition coefficient (Wildman–Crippen LogP) is 2.34. The number of hydrogen-bond acceptors (Lipinski definition) is 4. The van der Waals surface area contributed by atoms with Gasteiger partial charge in [-0.2, -0.15) is 0 Å². The smallest absolute Gasteiger partial charge is 0.315 e. The largest absolute Gasteiger partial charge is 0.468 e. The molecule has 2 amide bonds. The fraction of sp³-hybridized carbons (Fsp3) is 0.375. The molecular weight excluding hydrogens is 280 g/mol. The predicted molar refractivity (Wildman–Crippen MR) is 84.3 cm³/mol. The Balaban J connectivity index is 1.86. The fourth-order valence-electron chi connectivity index (χ4n) is 2.16.